The van der Waals surface area contributed by atoms with E-state index in [0.717, 1.165) is 39.3 Å². The van der Waals surface area contributed by atoms with Gasteiger partial charge in [-0.05, 0) is 53.1 Å². The summed E-state index contributed by atoms with van der Waals surface area (Å²) in [6.07, 6.45) is 5.40. The van der Waals surface area contributed by atoms with Gasteiger partial charge in [0, 0.05) is 51.0 Å². The molecule has 0 aliphatic carbocycles. The van der Waals surface area contributed by atoms with Crippen LogP contribution in [0, 0.1) is 5.92 Å². The summed E-state index contributed by atoms with van der Waals surface area (Å²) in [5.74, 6) is 0.660. The van der Waals surface area contributed by atoms with Gasteiger partial charge in [-0.25, -0.2) is 0 Å². The van der Waals surface area contributed by atoms with Gasteiger partial charge < -0.3 is 4.74 Å². The second-order valence-corrected chi connectivity index (χ2v) is 7.70. The number of piperidine rings is 1. The molecule has 2 aliphatic rings. The Morgan fingerprint density at radius 3 is 2.71 bits per heavy atom. The van der Waals surface area contributed by atoms with Crippen LogP contribution in [0.3, 0.4) is 0 Å². The third kappa shape index (κ3) is 4.03. The molecular formula is C19H25N3OS. The van der Waals surface area contributed by atoms with E-state index < -0.39 is 0 Å². The highest BCUT2D eigenvalue weighted by atomic mass is 32.1. The lowest BCUT2D eigenvalue weighted by atomic mass is 9.93. The summed E-state index contributed by atoms with van der Waals surface area (Å²) < 4.78 is 6.23. The summed E-state index contributed by atoms with van der Waals surface area (Å²) in [7, 11) is 0. The minimum atomic E-state index is 0.389. The first kappa shape index (κ1) is 16.2. The molecule has 0 unspecified atom stereocenters. The monoisotopic (exact) mass is 343 g/mol. The van der Waals surface area contributed by atoms with Gasteiger partial charge in [-0.1, -0.05) is 0 Å². The van der Waals surface area contributed by atoms with E-state index in [4.69, 9.17) is 4.74 Å². The fourth-order valence-electron chi connectivity index (χ4n) is 3.86. The summed E-state index contributed by atoms with van der Waals surface area (Å²) in [5, 5.41) is 4.43. The average molecular weight is 343 g/mol. The number of aromatic nitrogens is 1. The topological polar surface area (TPSA) is 28.6 Å². The first-order chi connectivity index (χ1) is 11.9. The van der Waals surface area contributed by atoms with Gasteiger partial charge in [0.15, 0.2) is 0 Å². The highest BCUT2D eigenvalue weighted by Crippen LogP contribution is 2.26. The predicted octanol–water partition coefficient (Wildman–Crippen LogP) is 2.87. The van der Waals surface area contributed by atoms with Gasteiger partial charge in [0.25, 0.3) is 0 Å². The van der Waals surface area contributed by atoms with E-state index in [1.165, 1.54) is 24.1 Å². The van der Waals surface area contributed by atoms with Crippen molar-refractivity contribution in [2.75, 3.05) is 32.8 Å². The molecule has 4 rings (SSSR count). The Morgan fingerprint density at radius 1 is 1.04 bits per heavy atom. The van der Waals surface area contributed by atoms with E-state index in [2.05, 4.69) is 43.7 Å². The molecule has 2 aliphatic heterocycles. The highest BCUT2D eigenvalue weighted by molar-refractivity contribution is 7.07. The fraction of sp³-hybridized carbons (Fsp3) is 0.526. The van der Waals surface area contributed by atoms with Crippen LogP contribution in [0.5, 0.6) is 0 Å². The van der Waals surface area contributed by atoms with Gasteiger partial charge in [0.05, 0.1) is 12.7 Å². The number of pyridine rings is 1. The van der Waals surface area contributed by atoms with Crippen LogP contribution in [0.2, 0.25) is 0 Å². The molecule has 5 heteroatoms. The number of fused-ring (bicyclic) bond motifs is 1. The van der Waals surface area contributed by atoms with Crippen molar-refractivity contribution < 1.29 is 4.74 Å². The summed E-state index contributed by atoms with van der Waals surface area (Å²) >= 11 is 1.79. The Labute approximate surface area is 148 Å². The SMILES string of the molecule is c1cc(CN2CCO[C@@H]3CN(Cc4ccsc4)CC[C@@H]3C2)ccn1. The zero-order chi connectivity index (χ0) is 16.2. The predicted molar refractivity (Wildman–Crippen MR) is 97.0 cm³/mol. The lowest BCUT2D eigenvalue weighted by Crippen LogP contribution is -2.46. The number of hydrogen-bond donors (Lipinski definition) is 0. The van der Waals surface area contributed by atoms with Crippen LogP contribution in [0.4, 0.5) is 0 Å². The first-order valence-electron chi connectivity index (χ1n) is 8.83. The molecule has 2 saturated heterocycles. The van der Waals surface area contributed by atoms with E-state index in [1.807, 2.05) is 12.4 Å². The molecule has 0 N–H and O–H groups in total. The van der Waals surface area contributed by atoms with Gasteiger partial charge in [0.2, 0.25) is 0 Å². The van der Waals surface area contributed by atoms with Gasteiger partial charge in [-0.3, -0.25) is 14.8 Å². The van der Waals surface area contributed by atoms with Crippen LogP contribution in [0.1, 0.15) is 17.5 Å². The van der Waals surface area contributed by atoms with Crippen molar-refractivity contribution in [3.63, 3.8) is 0 Å². The van der Waals surface area contributed by atoms with E-state index in [0.29, 0.717) is 12.0 Å². The Bertz CT molecular complexity index is 619. The molecule has 2 aromatic heterocycles. The van der Waals surface area contributed by atoms with Gasteiger partial charge in [0.1, 0.15) is 0 Å². The summed E-state index contributed by atoms with van der Waals surface area (Å²) in [6, 6.07) is 6.47. The summed E-state index contributed by atoms with van der Waals surface area (Å²) in [6.45, 7) is 7.36. The van der Waals surface area contributed by atoms with Gasteiger partial charge in [-0.2, -0.15) is 11.3 Å². The Hall–Kier alpha value is -1.27. The number of nitrogens with zero attached hydrogens (tertiary/aromatic N) is 3. The zero-order valence-electron chi connectivity index (χ0n) is 14.0. The molecule has 0 amide bonds. The van der Waals surface area contributed by atoms with Gasteiger partial charge in [-0.15, -0.1) is 0 Å². The van der Waals surface area contributed by atoms with Crippen LogP contribution in [-0.4, -0.2) is 53.7 Å². The van der Waals surface area contributed by atoms with Crippen molar-refractivity contribution in [3.8, 4) is 0 Å². The molecule has 2 aromatic rings. The summed E-state index contributed by atoms with van der Waals surface area (Å²) in [5.41, 5.74) is 2.78. The van der Waals surface area contributed by atoms with Crippen LogP contribution in [0.15, 0.2) is 41.4 Å². The number of ether oxygens (including phenoxy) is 1. The second kappa shape index (κ2) is 7.74. The van der Waals surface area contributed by atoms with Crippen LogP contribution in [-0.2, 0) is 17.8 Å². The quantitative estimate of drug-likeness (QED) is 0.853. The third-order valence-electron chi connectivity index (χ3n) is 5.15. The molecule has 2 atom stereocenters. The highest BCUT2D eigenvalue weighted by Gasteiger charge is 2.33. The lowest BCUT2D eigenvalue weighted by Gasteiger charge is -2.38. The van der Waals surface area contributed by atoms with E-state index >= 15 is 0 Å². The molecule has 0 bridgehead atoms. The van der Waals surface area contributed by atoms with E-state index in [1.54, 1.807) is 11.3 Å². The summed E-state index contributed by atoms with van der Waals surface area (Å²) in [4.78, 5) is 9.22. The Morgan fingerprint density at radius 2 is 1.88 bits per heavy atom. The molecule has 2 fully saturated rings. The number of thiophene rings is 1. The zero-order valence-corrected chi connectivity index (χ0v) is 14.8. The van der Waals surface area contributed by atoms with Crippen LogP contribution in [0.25, 0.3) is 0 Å². The molecule has 128 valence electrons. The molecule has 4 nitrogen and oxygen atoms in total. The number of rotatable bonds is 4. The Balaban J connectivity index is 1.34. The van der Waals surface area contributed by atoms with Crippen molar-refractivity contribution >= 4 is 11.3 Å². The van der Waals surface area contributed by atoms with Crippen molar-refractivity contribution in [1.29, 1.82) is 0 Å². The lowest BCUT2D eigenvalue weighted by molar-refractivity contribution is -0.0241. The van der Waals surface area contributed by atoms with E-state index in [9.17, 15) is 0 Å². The normalized spacial score (nSPS) is 26.0. The van der Waals surface area contributed by atoms with Crippen LogP contribution < -0.4 is 0 Å². The van der Waals surface area contributed by atoms with Crippen molar-refractivity contribution in [2.45, 2.75) is 25.6 Å². The van der Waals surface area contributed by atoms with Crippen LogP contribution >= 0.6 is 11.3 Å². The van der Waals surface area contributed by atoms with Gasteiger partial charge >= 0.3 is 0 Å². The largest absolute Gasteiger partial charge is 0.375 e. The average Bonchev–Trinajstić information content (AvgIpc) is 3.02. The molecule has 0 radical (unpaired) electrons. The maximum absolute atomic E-state index is 6.23. The maximum atomic E-state index is 6.23. The second-order valence-electron chi connectivity index (χ2n) is 6.92. The Kier molecular flexibility index (Phi) is 5.23. The van der Waals surface area contributed by atoms with Crippen molar-refractivity contribution in [3.05, 3.63) is 52.5 Å². The number of hydrogen-bond acceptors (Lipinski definition) is 5. The number of likely N-dealkylation sites (tertiary alicyclic amines) is 1. The standard InChI is InChI=1S/C19H25N3OS/c1-5-20-6-2-16(1)11-22-8-9-23-19-14-21(7-3-18(19)13-22)12-17-4-10-24-15-17/h1-2,4-6,10,15,18-19H,3,7-9,11-14H2/t18-,19-/m1/s1. The van der Waals surface area contributed by atoms with E-state index in [-0.39, 0.29) is 0 Å². The minimum Gasteiger partial charge on any atom is -0.375 e. The fourth-order valence-corrected chi connectivity index (χ4v) is 4.52. The van der Waals surface area contributed by atoms with Crippen molar-refractivity contribution in [1.82, 2.24) is 14.8 Å². The molecule has 0 saturated carbocycles. The molecule has 0 aromatic carbocycles. The first-order valence-corrected chi connectivity index (χ1v) is 9.77. The third-order valence-corrected chi connectivity index (χ3v) is 5.89. The smallest absolute Gasteiger partial charge is 0.0743 e. The minimum absolute atomic E-state index is 0.389. The maximum Gasteiger partial charge on any atom is 0.0743 e. The molecule has 24 heavy (non-hydrogen) atoms. The van der Waals surface area contributed by atoms with Crippen molar-refractivity contribution in [2.24, 2.45) is 5.92 Å². The molecular weight excluding hydrogens is 318 g/mol. The molecule has 4 heterocycles. The molecule has 0 spiro atoms.